The van der Waals surface area contributed by atoms with Crippen molar-refractivity contribution in [3.8, 4) is 5.75 Å². The van der Waals surface area contributed by atoms with E-state index in [9.17, 15) is 23.6 Å². The molecule has 2 rings (SSSR count). The molecular formula is C19H23N3O10S. The van der Waals surface area contributed by atoms with Crippen LogP contribution in [0.5, 0.6) is 5.75 Å². The summed E-state index contributed by atoms with van der Waals surface area (Å²) in [7, 11) is -4.00. The van der Waals surface area contributed by atoms with Gasteiger partial charge in [0, 0.05) is 25.7 Å². The lowest BCUT2D eigenvalue weighted by atomic mass is 10.3. The SMILES string of the molecule is O=C(O)C(=O)O.O=[N+]([O-])c1ccccc1S(=O)(=O)NCCNCC(O)COc1ccccc1. The van der Waals surface area contributed by atoms with Crippen LogP contribution < -0.4 is 14.8 Å². The van der Waals surface area contributed by atoms with E-state index in [-0.39, 0.29) is 31.1 Å². The molecule has 0 aliphatic heterocycles. The van der Waals surface area contributed by atoms with Crippen molar-refractivity contribution in [1.82, 2.24) is 10.0 Å². The summed E-state index contributed by atoms with van der Waals surface area (Å²) in [6.07, 6.45) is -0.767. The summed E-state index contributed by atoms with van der Waals surface area (Å²) in [5, 5.41) is 38.5. The Labute approximate surface area is 188 Å². The standard InChI is InChI=1S/C17H21N3O6S.C2H2O4/c21-14(13-26-15-6-2-1-3-7-15)12-18-10-11-19-27(24,25)17-9-5-4-8-16(17)20(22)23;3-1(4)2(5)6/h1-9,14,18-19,21H,10-13H2;(H,3,4)(H,5,6). The molecule has 2 aromatic carbocycles. The van der Waals surface area contributed by atoms with E-state index in [0.29, 0.717) is 5.75 Å². The highest BCUT2D eigenvalue weighted by atomic mass is 32.2. The quantitative estimate of drug-likeness (QED) is 0.124. The van der Waals surface area contributed by atoms with Crippen LogP contribution in [0.3, 0.4) is 0 Å². The van der Waals surface area contributed by atoms with Gasteiger partial charge in [-0.3, -0.25) is 10.1 Å². The van der Waals surface area contributed by atoms with Crippen LogP contribution in [0.25, 0.3) is 0 Å². The highest BCUT2D eigenvalue weighted by Crippen LogP contribution is 2.22. The lowest BCUT2D eigenvalue weighted by Crippen LogP contribution is -2.37. The zero-order chi connectivity index (χ0) is 24.9. The van der Waals surface area contributed by atoms with Gasteiger partial charge in [0.15, 0.2) is 4.90 Å². The molecule has 180 valence electrons. The molecule has 0 saturated heterocycles. The molecule has 5 N–H and O–H groups in total. The largest absolute Gasteiger partial charge is 0.491 e. The molecule has 1 atom stereocenters. The third-order valence-electron chi connectivity index (χ3n) is 3.69. The monoisotopic (exact) mass is 485 g/mol. The second-order valence-corrected chi connectivity index (χ2v) is 7.95. The molecule has 14 heteroatoms. The Morgan fingerprint density at radius 3 is 2.15 bits per heavy atom. The number of aliphatic hydroxyl groups excluding tert-OH is 1. The van der Waals surface area contributed by atoms with E-state index in [1.807, 2.05) is 18.2 Å². The normalized spacial score (nSPS) is 11.5. The molecule has 0 heterocycles. The van der Waals surface area contributed by atoms with E-state index in [2.05, 4.69) is 10.0 Å². The van der Waals surface area contributed by atoms with Crippen LogP contribution in [0.1, 0.15) is 0 Å². The number of nitro groups is 1. The third-order valence-corrected chi connectivity index (χ3v) is 5.20. The summed E-state index contributed by atoms with van der Waals surface area (Å²) in [6, 6.07) is 14.2. The van der Waals surface area contributed by atoms with Crippen molar-refractivity contribution in [1.29, 1.82) is 0 Å². The number of hydrogen-bond donors (Lipinski definition) is 5. The van der Waals surface area contributed by atoms with E-state index in [4.69, 9.17) is 24.5 Å². The molecule has 0 aliphatic rings. The molecule has 0 amide bonds. The molecule has 2 aromatic rings. The fourth-order valence-electron chi connectivity index (χ4n) is 2.22. The fourth-order valence-corrected chi connectivity index (χ4v) is 3.43. The summed E-state index contributed by atoms with van der Waals surface area (Å²) in [5.74, 6) is -3.00. The summed E-state index contributed by atoms with van der Waals surface area (Å²) < 4.78 is 32.1. The van der Waals surface area contributed by atoms with Gasteiger partial charge in [0.1, 0.15) is 18.5 Å². The molecule has 33 heavy (non-hydrogen) atoms. The molecule has 0 bridgehead atoms. The Hall–Kier alpha value is -3.59. The van der Waals surface area contributed by atoms with Crippen LogP contribution in [0, 0.1) is 10.1 Å². The second kappa shape index (κ2) is 13.7. The molecule has 0 saturated carbocycles. The highest BCUT2D eigenvalue weighted by Gasteiger charge is 2.24. The maximum Gasteiger partial charge on any atom is 0.414 e. The number of carboxylic acids is 2. The number of sulfonamides is 1. The number of rotatable bonds is 11. The van der Waals surface area contributed by atoms with E-state index < -0.39 is 38.7 Å². The summed E-state index contributed by atoms with van der Waals surface area (Å²) >= 11 is 0. The lowest BCUT2D eigenvalue weighted by molar-refractivity contribution is -0.387. The first kappa shape index (κ1) is 27.4. The number of carboxylic acid groups (broad SMARTS) is 2. The van der Waals surface area contributed by atoms with Gasteiger partial charge in [0.2, 0.25) is 10.0 Å². The van der Waals surface area contributed by atoms with E-state index in [1.165, 1.54) is 18.2 Å². The molecular weight excluding hydrogens is 462 g/mol. The Morgan fingerprint density at radius 2 is 1.58 bits per heavy atom. The minimum absolute atomic E-state index is 0.0145. The van der Waals surface area contributed by atoms with Crippen LogP contribution in [0.4, 0.5) is 5.69 Å². The van der Waals surface area contributed by atoms with Crippen LogP contribution in [-0.4, -0.2) is 72.9 Å². The predicted molar refractivity (Wildman–Crippen MR) is 114 cm³/mol. The number of nitro benzene ring substituents is 1. The van der Waals surface area contributed by atoms with Gasteiger partial charge in [0.05, 0.1) is 4.92 Å². The average molecular weight is 485 g/mol. The van der Waals surface area contributed by atoms with E-state index in [1.54, 1.807) is 12.1 Å². The fraction of sp³-hybridized carbons (Fsp3) is 0.263. The van der Waals surface area contributed by atoms with Crippen LogP contribution in [0.2, 0.25) is 0 Å². The minimum Gasteiger partial charge on any atom is -0.491 e. The van der Waals surface area contributed by atoms with Crippen LogP contribution in [-0.2, 0) is 19.6 Å². The van der Waals surface area contributed by atoms with Crippen molar-refractivity contribution in [3.63, 3.8) is 0 Å². The minimum atomic E-state index is -4.00. The first-order valence-corrected chi connectivity index (χ1v) is 10.8. The zero-order valence-electron chi connectivity index (χ0n) is 17.2. The molecule has 0 aromatic heterocycles. The summed E-state index contributed by atoms with van der Waals surface area (Å²) in [6.45, 7) is 0.557. The number of benzene rings is 2. The van der Waals surface area contributed by atoms with Gasteiger partial charge >= 0.3 is 11.9 Å². The third kappa shape index (κ3) is 10.5. The van der Waals surface area contributed by atoms with Crippen molar-refractivity contribution in [2.75, 3.05) is 26.2 Å². The summed E-state index contributed by atoms with van der Waals surface area (Å²) in [4.78, 5) is 28.0. The highest BCUT2D eigenvalue weighted by molar-refractivity contribution is 7.89. The Bertz CT molecular complexity index is 1020. The maximum absolute atomic E-state index is 12.2. The van der Waals surface area contributed by atoms with Gasteiger partial charge in [-0.1, -0.05) is 30.3 Å². The average Bonchev–Trinajstić information content (AvgIpc) is 2.78. The second-order valence-electron chi connectivity index (χ2n) is 6.21. The zero-order valence-corrected chi connectivity index (χ0v) is 18.0. The molecule has 0 aliphatic carbocycles. The van der Waals surface area contributed by atoms with Crippen LogP contribution in [0.15, 0.2) is 59.5 Å². The molecule has 0 fully saturated rings. The number of aliphatic carboxylic acids is 2. The molecule has 13 nitrogen and oxygen atoms in total. The summed E-state index contributed by atoms with van der Waals surface area (Å²) in [5.41, 5.74) is -0.480. The predicted octanol–water partition coefficient (Wildman–Crippen LogP) is 0.0582. The number of ether oxygens (including phenoxy) is 1. The first-order chi connectivity index (χ1) is 15.5. The van der Waals surface area contributed by atoms with Gasteiger partial charge in [0.25, 0.3) is 5.69 Å². The van der Waals surface area contributed by atoms with Gasteiger partial charge in [-0.25, -0.2) is 22.7 Å². The Balaban J connectivity index is 0.000000801. The number of carbonyl (C=O) groups is 2. The van der Waals surface area contributed by atoms with Crippen molar-refractivity contribution >= 4 is 27.6 Å². The number of aliphatic hydroxyl groups is 1. The van der Waals surface area contributed by atoms with Crippen molar-refractivity contribution in [3.05, 3.63) is 64.7 Å². The Kier molecular flexibility index (Phi) is 11.4. The topological polar surface area (TPSA) is 205 Å². The van der Waals surface area contributed by atoms with E-state index >= 15 is 0 Å². The Morgan fingerprint density at radius 1 is 1.00 bits per heavy atom. The number of nitrogens with zero attached hydrogens (tertiary/aromatic N) is 1. The smallest absolute Gasteiger partial charge is 0.414 e. The van der Waals surface area contributed by atoms with Crippen molar-refractivity contribution < 1.29 is 43.0 Å². The van der Waals surface area contributed by atoms with Gasteiger partial charge in [-0.05, 0) is 18.2 Å². The molecule has 1 unspecified atom stereocenters. The van der Waals surface area contributed by atoms with E-state index in [0.717, 1.165) is 6.07 Å². The number of hydrogen-bond acceptors (Lipinski definition) is 9. The maximum atomic E-state index is 12.2. The lowest BCUT2D eigenvalue weighted by Gasteiger charge is -2.13. The molecule has 0 radical (unpaired) electrons. The van der Waals surface area contributed by atoms with Crippen LogP contribution >= 0.6 is 0 Å². The van der Waals surface area contributed by atoms with Crippen molar-refractivity contribution in [2.24, 2.45) is 0 Å². The number of nitrogens with one attached hydrogen (secondary N) is 2. The van der Waals surface area contributed by atoms with Gasteiger partial charge in [-0.15, -0.1) is 0 Å². The number of para-hydroxylation sites is 2. The van der Waals surface area contributed by atoms with Crippen molar-refractivity contribution in [2.45, 2.75) is 11.0 Å². The van der Waals surface area contributed by atoms with Gasteiger partial charge in [-0.2, -0.15) is 0 Å². The van der Waals surface area contributed by atoms with Gasteiger partial charge < -0.3 is 25.4 Å². The molecule has 0 spiro atoms. The first-order valence-electron chi connectivity index (χ1n) is 9.30.